The van der Waals surface area contributed by atoms with Crippen molar-refractivity contribution < 1.29 is 0 Å². The highest BCUT2D eigenvalue weighted by atomic mass is 32.2. The van der Waals surface area contributed by atoms with Crippen LogP contribution in [0.5, 0.6) is 0 Å². The lowest BCUT2D eigenvalue weighted by Gasteiger charge is -2.25. The minimum Gasteiger partial charge on any atom is -0.266 e. The van der Waals surface area contributed by atoms with Crippen molar-refractivity contribution in [1.82, 2.24) is 9.95 Å². The summed E-state index contributed by atoms with van der Waals surface area (Å²) in [5.74, 6) is 2.51. The standard InChI is InChI=1S/C30H29N3S3/c1-4-23-10-7-13-26(16-23)20-34-29-19-30(35-21-27-14-8-11-24(5-2)17-27)32-33(31-29)36-22-28-15-9-12-25(6-3)18-28/h4-19,31H,1-3,20-22H2. The number of hydrogen-bond acceptors (Lipinski definition) is 6. The Balaban J connectivity index is 1.46. The van der Waals surface area contributed by atoms with Gasteiger partial charge in [0.05, 0.1) is 5.03 Å². The Bertz CT molecular complexity index is 1300. The van der Waals surface area contributed by atoms with Gasteiger partial charge in [-0.05, 0) is 45.3 Å². The zero-order chi connectivity index (χ0) is 25.2. The molecule has 36 heavy (non-hydrogen) atoms. The molecule has 0 saturated heterocycles. The fourth-order valence-corrected chi connectivity index (χ4v) is 6.10. The molecular weight excluding hydrogens is 499 g/mol. The minimum atomic E-state index is 0.802. The van der Waals surface area contributed by atoms with Crippen molar-refractivity contribution >= 4 is 58.7 Å². The molecule has 182 valence electrons. The molecule has 1 aliphatic heterocycles. The van der Waals surface area contributed by atoms with Crippen LogP contribution in [0, 0.1) is 0 Å². The molecule has 4 rings (SSSR count). The number of hydrazone groups is 1. The van der Waals surface area contributed by atoms with Gasteiger partial charge in [0.15, 0.2) is 0 Å². The summed E-state index contributed by atoms with van der Waals surface area (Å²) in [5.41, 5.74) is 10.6. The number of benzene rings is 3. The molecule has 3 aromatic carbocycles. The third-order valence-electron chi connectivity index (χ3n) is 5.34. The van der Waals surface area contributed by atoms with E-state index < -0.39 is 0 Å². The number of hydrogen-bond donors (Lipinski definition) is 1. The number of nitrogens with zero attached hydrogens (tertiary/aromatic N) is 2. The first-order valence-corrected chi connectivity index (χ1v) is 14.5. The van der Waals surface area contributed by atoms with Crippen LogP contribution in [0.4, 0.5) is 0 Å². The average Bonchev–Trinajstić information content (AvgIpc) is 2.94. The summed E-state index contributed by atoms with van der Waals surface area (Å²) in [5, 5.41) is 6.90. The zero-order valence-corrected chi connectivity index (χ0v) is 22.5. The van der Waals surface area contributed by atoms with Gasteiger partial charge >= 0.3 is 0 Å². The molecule has 3 nitrogen and oxygen atoms in total. The summed E-state index contributed by atoms with van der Waals surface area (Å²) < 4.78 is 1.88. The molecule has 0 fully saturated rings. The molecule has 0 aliphatic carbocycles. The van der Waals surface area contributed by atoms with Crippen LogP contribution in [0.2, 0.25) is 0 Å². The van der Waals surface area contributed by atoms with Crippen molar-refractivity contribution in [3.05, 3.63) is 137 Å². The second-order valence-electron chi connectivity index (χ2n) is 8.03. The fourth-order valence-electron chi connectivity index (χ4n) is 3.47. The lowest BCUT2D eigenvalue weighted by molar-refractivity contribution is 0.424. The molecule has 0 unspecified atom stereocenters. The van der Waals surface area contributed by atoms with Crippen molar-refractivity contribution in [2.24, 2.45) is 5.10 Å². The Kier molecular flexibility index (Phi) is 9.61. The molecule has 0 bridgehead atoms. The van der Waals surface area contributed by atoms with Crippen LogP contribution in [0.25, 0.3) is 18.2 Å². The van der Waals surface area contributed by atoms with Gasteiger partial charge in [-0.15, -0.1) is 21.4 Å². The van der Waals surface area contributed by atoms with Crippen LogP contribution in [-0.2, 0) is 17.3 Å². The van der Waals surface area contributed by atoms with E-state index in [1.54, 1.807) is 35.5 Å². The first kappa shape index (κ1) is 26.0. The fraction of sp³-hybridized carbons (Fsp3) is 0.100. The molecule has 1 aliphatic rings. The van der Waals surface area contributed by atoms with E-state index in [9.17, 15) is 0 Å². The molecule has 0 spiro atoms. The van der Waals surface area contributed by atoms with Crippen molar-refractivity contribution in [2.75, 3.05) is 0 Å². The Morgan fingerprint density at radius 2 is 1.19 bits per heavy atom. The molecular formula is C30H29N3S3. The van der Waals surface area contributed by atoms with Gasteiger partial charge in [0.25, 0.3) is 0 Å². The van der Waals surface area contributed by atoms with Gasteiger partial charge in [-0.3, -0.25) is 5.43 Å². The third-order valence-corrected chi connectivity index (χ3v) is 8.20. The highest BCUT2D eigenvalue weighted by molar-refractivity contribution is 8.13. The number of nitrogens with one attached hydrogen (secondary N) is 1. The van der Waals surface area contributed by atoms with Gasteiger partial charge in [-0.25, -0.2) is 0 Å². The van der Waals surface area contributed by atoms with Crippen molar-refractivity contribution in [3.8, 4) is 0 Å². The van der Waals surface area contributed by atoms with Crippen LogP contribution in [0.15, 0.2) is 109 Å². The van der Waals surface area contributed by atoms with Crippen molar-refractivity contribution in [3.63, 3.8) is 0 Å². The van der Waals surface area contributed by atoms with Crippen LogP contribution < -0.4 is 5.43 Å². The van der Waals surface area contributed by atoms with E-state index in [0.717, 1.165) is 44.0 Å². The lowest BCUT2D eigenvalue weighted by atomic mass is 10.1. The molecule has 1 heterocycles. The predicted octanol–water partition coefficient (Wildman–Crippen LogP) is 8.61. The maximum atomic E-state index is 4.85. The molecule has 0 saturated carbocycles. The lowest BCUT2D eigenvalue weighted by Crippen LogP contribution is -2.30. The summed E-state index contributed by atoms with van der Waals surface area (Å²) in [6.45, 7) is 11.6. The van der Waals surface area contributed by atoms with Gasteiger partial charge < -0.3 is 0 Å². The largest absolute Gasteiger partial charge is 0.266 e. The monoisotopic (exact) mass is 527 g/mol. The van der Waals surface area contributed by atoms with E-state index >= 15 is 0 Å². The van der Waals surface area contributed by atoms with E-state index in [1.807, 2.05) is 22.8 Å². The molecule has 1 N–H and O–H groups in total. The van der Waals surface area contributed by atoms with Crippen molar-refractivity contribution in [2.45, 2.75) is 17.3 Å². The summed E-state index contributed by atoms with van der Waals surface area (Å²) >= 11 is 5.15. The second-order valence-corrected chi connectivity index (χ2v) is 10.9. The van der Waals surface area contributed by atoms with E-state index in [1.165, 1.54) is 16.7 Å². The van der Waals surface area contributed by atoms with E-state index in [-0.39, 0.29) is 0 Å². The van der Waals surface area contributed by atoms with Gasteiger partial charge in [0.1, 0.15) is 5.04 Å². The Labute approximate surface area is 227 Å². The molecule has 0 amide bonds. The van der Waals surface area contributed by atoms with Crippen molar-refractivity contribution in [1.29, 1.82) is 0 Å². The van der Waals surface area contributed by atoms with Gasteiger partial charge in [-0.2, -0.15) is 0 Å². The maximum Gasteiger partial charge on any atom is 0.122 e. The van der Waals surface area contributed by atoms with E-state index in [0.29, 0.717) is 0 Å². The first-order chi connectivity index (χ1) is 17.6. The second kappa shape index (κ2) is 13.3. The molecule has 0 atom stereocenters. The highest BCUT2D eigenvalue weighted by Crippen LogP contribution is 2.29. The van der Waals surface area contributed by atoms with Gasteiger partial charge in [0.2, 0.25) is 0 Å². The number of hydrazine groups is 1. The highest BCUT2D eigenvalue weighted by Gasteiger charge is 2.15. The SMILES string of the molecule is C=Cc1cccc(CSC2=CC(SCc3cccc(C=C)c3)=NN(SCc3cccc(C=C)c3)N2)c1. The van der Waals surface area contributed by atoms with Gasteiger partial charge in [-0.1, -0.05) is 123 Å². The zero-order valence-electron chi connectivity index (χ0n) is 20.1. The third kappa shape index (κ3) is 7.72. The van der Waals surface area contributed by atoms with Crippen LogP contribution in [0.1, 0.15) is 33.4 Å². The first-order valence-electron chi connectivity index (χ1n) is 11.5. The van der Waals surface area contributed by atoms with Crippen LogP contribution in [-0.4, -0.2) is 9.57 Å². The van der Waals surface area contributed by atoms with E-state index in [2.05, 4.69) is 104 Å². The van der Waals surface area contributed by atoms with Gasteiger partial charge in [0, 0.05) is 23.3 Å². The molecule has 3 aromatic rings. The molecule has 0 aromatic heterocycles. The summed E-state index contributed by atoms with van der Waals surface area (Å²) in [6, 6.07) is 25.4. The predicted molar refractivity (Wildman–Crippen MR) is 164 cm³/mol. The summed E-state index contributed by atoms with van der Waals surface area (Å²) in [6.07, 6.45) is 7.78. The Hall–Kier alpha value is -3.06. The minimum absolute atomic E-state index is 0.802. The van der Waals surface area contributed by atoms with E-state index in [4.69, 9.17) is 5.10 Å². The summed E-state index contributed by atoms with van der Waals surface area (Å²) in [7, 11) is 0. The number of rotatable bonds is 11. The Morgan fingerprint density at radius 1 is 0.694 bits per heavy atom. The number of thioether (sulfide) groups is 2. The normalized spacial score (nSPS) is 12.8. The topological polar surface area (TPSA) is 27.6 Å². The quantitative estimate of drug-likeness (QED) is 0.252. The van der Waals surface area contributed by atoms with Crippen LogP contribution >= 0.6 is 35.5 Å². The Morgan fingerprint density at radius 3 is 1.72 bits per heavy atom. The summed E-state index contributed by atoms with van der Waals surface area (Å²) in [4.78, 5) is 0. The molecule has 6 heteroatoms. The van der Waals surface area contributed by atoms with Crippen LogP contribution in [0.3, 0.4) is 0 Å². The average molecular weight is 528 g/mol. The smallest absolute Gasteiger partial charge is 0.122 e. The maximum absolute atomic E-state index is 4.85. The molecule has 0 radical (unpaired) electrons.